The summed E-state index contributed by atoms with van der Waals surface area (Å²) in [5.41, 5.74) is 4.53. The topological polar surface area (TPSA) is 75.6 Å². The van der Waals surface area contributed by atoms with Crippen LogP contribution in [0.4, 0.5) is 4.79 Å². The molecule has 5 nitrogen and oxygen atoms in total. The van der Waals surface area contributed by atoms with E-state index in [0.29, 0.717) is 0 Å². The van der Waals surface area contributed by atoms with Crippen LogP contribution < -0.4 is 5.32 Å². The molecule has 2 aromatic carbocycles. The highest BCUT2D eigenvalue weighted by Gasteiger charge is 2.29. The Morgan fingerprint density at radius 3 is 1.72 bits per heavy atom. The Kier molecular flexibility index (Phi) is 12.8. The van der Waals surface area contributed by atoms with Crippen LogP contribution in [0.15, 0.2) is 48.5 Å². The molecule has 0 bridgehead atoms. The molecular formula is C24H35NO4. The standard InChI is InChI=1S/C18H17NO4.3C2H6/c1-11(17(20)21)19-18(22)23-10-16-14-8-4-2-6-12(14)13-7-3-5-9-15(13)16;3*1-2/h2-9,11,16H,10H2,1H3,(H,19,22)(H,20,21);3*1-2H3. The van der Waals surface area contributed by atoms with Crippen LogP contribution in [-0.4, -0.2) is 29.8 Å². The normalized spacial score (nSPS) is 11.6. The molecule has 1 atom stereocenters. The first-order chi connectivity index (χ1) is 14.1. The second-order valence-electron chi connectivity index (χ2n) is 5.53. The Hall–Kier alpha value is -2.82. The van der Waals surface area contributed by atoms with Crippen molar-refractivity contribution >= 4 is 12.1 Å². The van der Waals surface area contributed by atoms with Gasteiger partial charge in [0.1, 0.15) is 12.6 Å². The highest BCUT2D eigenvalue weighted by molar-refractivity contribution is 5.80. The molecule has 0 aromatic heterocycles. The molecule has 5 heteroatoms. The van der Waals surface area contributed by atoms with Gasteiger partial charge < -0.3 is 15.2 Å². The van der Waals surface area contributed by atoms with E-state index < -0.39 is 18.1 Å². The molecule has 160 valence electrons. The fourth-order valence-electron chi connectivity index (χ4n) is 2.88. The molecular weight excluding hydrogens is 366 g/mol. The number of aliphatic carboxylic acids is 1. The van der Waals surface area contributed by atoms with Crippen molar-refractivity contribution < 1.29 is 19.4 Å². The summed E-state index contributed by atoms with van der Waals surface area (Å²) in [5.74, 6) is -1.13. The van der Waals surface area contributed by atoms with Gasteiger partial charge in [-0.3, -0.25) is 4.79 Å². The van der Waals surface area contributed by atoms with E-state index in [1.54, 1.807) is 0 Å². The lowest BCUT2D eigenvalue weighted by molar-refractivity contribution is -0.138. The molecule has 1 aliphatic rings. The average molecular weight is 402 g/mol. The Morgan fingerprint density at radius 1 is 0.897 bits per heavy atom. The number of carboxylic acid groups (broad SMARTS) is 1. The largest absolute Gasteiger partial charge is 0.480 e. The summed E-state index contributed by atoms with van der Waals surface area (Å²) in [7, 11) is 0. The van der Waals surface area contributed by atoms with Gasteiger partial charge in [-0.25, -0.2) is 4.79 Å². The van der Waals surface area contributed by atoms with Crippen LogP contribution in [0.3, 0.4) is 0 Å². The summed E-state index contributed by atoms with van der Waals surface area (Å²) in [6.07, 6.45) is -0.721. The van der Waals surface area contributed by atoms with Gasteiger partial charge in [-0.05, 0) is 29.2 Å². The zero-order chi connectivity index (χ0) is 22.4. The number of ether oxygens (including phenoxy) is 1. The third kappa shape index (κ3) is 6.93. The number of nitrogens with one attached hydrogen (secondary N) is 1. The molecule has 0 heterocycles. The molecule has 0 aliphatic heterocycles. The summed E-state index contributed by atoms with van der Waals surface area (Å²) < 4.78 is 5.25. The lowest BCUT2D eigenvalue weighted by Gasteiger charge is -2.15. The van der Waals surface area contributed by atoms with Crippen molar-refractivity contribution in [1.82, 2.24) is 5.32 Å². The summed E-state index contributed by atoms with van der Waals surface area (Å²) in [6, 6.07) is 15.1. The van der Waals surface area contributed by atoms with E-state index in [1.807, 2.05) is 77.9 Å². The fourth-order valence-corrected chi connectivity index (χ4v) is 2.88. The molecule has 29 heavy (non-hydrogen) atoms. The quantitative estimate of drug-likeness (QED) is 0.651. The van der Waals surface area contributed by atoms with Gasteiger partial charge in [0.25, 0.3) is 0 Å². The highest BCUT2D eigenvalue weighted by Crippen LogP contribution is 2.44. The lowest BCUT2D eigenvalue weighted by Crippen LogP contribution is -2.39. The third-order valence-corrected chi connectivity index (χ3v) is 4.05. The van der Waals surface area contributed by atoms with Gasteiger partial charge in [-0.15, -0.1) is 0 Å². The number of carbonyl (C=O) groups excluding carboxylic acids is 1. The zero-order valence-corrected chi connectivity index (χ0v) is 18.7. The van der Waals surface area contributed by atoms with Gasteiger partial charge in [0.05, 0.1) is 0 Å². The van der Waals surface area contributed by atoms with Crippen molar-refractivity contribution in [1.29, 1.82) is 0 Å². The number of hydrogen-bond donors (Lipinski definition) is 2. The van der Waals surface area contributed by atoms with Crippen LogP contribution in [0.2, 0.25) is 0 Å². The van der Waals surface area contributed by atoms with Crippen LogP contribution in [0.5, 0.6) is 0 Å². The molecule has 1 aliphatic carbocycles. The van der Waals surface area contributed by atoms with Crippen molar-refractivity contribution in [2.45, 2.75) is 60.4 Å². The van der Waals surface area contributed by atoms with E-state index >= 15 is 0 Å². The molecule has 2 N–H and O–H groups in total. The minimum absolute atomic E-state index is 0.0340. The Bertz CT molecular complexity index is 713. The molecule has 0 radical (unpaired) electrons. The van der Waals surface area contributed by atoms with Crippen LogP contribution >= 0.6 is 0 Å². The average Bonchev–Trinajstić information content (AvgIpc) is 3.10. The number of hydrogen-bond acceptors (Lipinski definition) is 3. The van der Waals surface area contributed by atoms with E-state index in [2.05, 4.69) is 17.4 Å². The van der Waals surface area contributed by atoms with Gasteiger partial charge in [0.2, 0.25) is 0 Å². The zero-order valence-electron chi connectivity index (χ0n) is 18.7. The first-order valence-electron chi connectivity index (χ1n) is 10.4. The van der Waals surface area contributed by atoms with Gasteiger partial charge in [0.15, 0.2) is 0 Å². The fraction of sp³-hybridized carbons (Fsp3) is 0.417. The van der Waals surface area contributed by atoms with Gasteiger partial charge >= 0.3 is 12.1 Å². The van der Waals surface area contributed by atoms with E-state index in [0.717, 1.165) is 22.3 Å². The maximum absolute atomic E-state index is 11.7. The molecule has 1 unspecified atom stereocenters. The molecule has 1 amide bonds. The number of carbonyl (C=O) groups is 2. The smallest absolute Gasteiger partial charge is 0.407 e. The van der Waals surface area contributed by atoms with Crippen molar-refractivity contribution in [2.24, 2.45) is 0 Å². The van der Waals surface area contributed by atoms with Crippen molar-refractivity contribution in [3.05, 3.63) is 59.7 Å². The van der Waals surface area contributed by atoms with E-state index in [4.69, 9.17) is 9.84 Å². The number of benzene rings is 2. The van der Waals surface area contributed by atoms with Crippen LogP contribution in [0, 0.1) is 0 Å². The summed E-state index contributed by atoms with van der Waals surface area (Å²) in [4.78, 5) is 22.5. The Balaban J connectivity index is 0.00000120. The predicted molar refractivity (Wildman–Crippen MR) is 119 cm³/mol. The lowest BCUT2D eigenvalue weighted by atomic mass is 9.98. The minimum Gasteiger partial charge on any atom is -0.480 e. The number of rotatable bonds is 4. The molecule has 3 rings (SSSR count). The number of carboxylic acids is 1. The van der Waals surface area contributed by atoms with Gasteiger partial charge in [0, 0.05) is 5.92 Å². The minimum atomic E-state index is -1.10. The highest BCUT2D eigenvalue weighted by atomic mass is 16.5. The van der Waals surface area contributed by atoms with Crippen LogP contribution in [-0.2, 0) is 9.53 Å². The van der Waals surface area contributed by atoms with Crippen LogP contribution in [0.1, 0.15) is 65.5 Å². The Morgan fingerprint density at radius 2 is 1.31 bits per heavy atom. The Labute approximate surface area is 175 Å². The number of amides is 1. The second-order valence-corrected chi connectivity index (χ2v) is 5.53. The molecule has 2 aromatic rings. The number of fused-ring (bicyclic) bond motifs is 3. The maximum Gasteiger partial charge on any atom is 0.407 e. The van der Waals surface area contributed by atoms with E-state index in [9.17, 15) is 9.59 Å². The summed E-state index contributed by atoms with van der Waals surface area (Å²) >= 11 is 0. The van der Waals surface area contributed by atoms with Crippen molar-refractivity contribution in [3.8, 4) is 11.1 Å². The SMILES string of the molecule is CC.CC.CC.CC(NC(=O)OCC1c2ccccc2-c2ccccc21)C(=O)O. The van der Waals surface area contributed by atoms with Crippen molar-refractivity contribution in [3.63, 3.8) is 0 Å². The van der Waals surface area contributed by atoms with Crippen molar-refractivity contribution in [2.75, 3.05) is 6.61 Å². The van der Waals surface area contributed by atoms with Gasteiger partial charge in [-0.1, -0.05) is 90.1 Å². The monoisotopic (exact) mass is 401 g/mol. The molecule has 0 fully saturated rings. The van der Waals surface area contributed by atoms with E-state index in [-0.39, 0.29) is 12.5 Å². The van der Waals surface area contributed by atoms with E-state index in [1.165, 1.54) is 6.92 Å². The number of alkyl carbamates (subject to hydrolysis) is 1. The summed E-state index contributed by atoms with van der Waals surface area (Å²) in [6.45, 7) is 13.6. The predicted octanol–water partition coefficient (Wildman–Crippen LogP) is 6.08. The maximum atomic E-state index is 11.7. The molecule has 0 spiro atoms. The molecule has 0 saturated carbocycles. The second kappa shape index (κ2) is 14.2. The third-order valence-electron chi connectivity index (χ3n) is 4.05. The van der Waals surface area contributed by atoms with Gasteiger partial charge in [-0.2, -0.15) is 0 Å². The summed E-state index contributed by atoms with van der Waals surface area (Å²) in [5, 5.41) is 11.1. The molecule has 0 saturated heterocycles. The van der Waals surface area contributed by atoms with Crippen LogP contribution in [0.25, 0.3) is 11.1 Å². The first-order valence-corrected chi connectivity index (χ1v) is 10.4. The first kappa shape index (κ1) is 26.2.